The van der Waals surface area contributed by atoms with Crippen LogP contribution in [0.1, 0.15) is 15.9 Å². The Kier molecular flexibility index (Phi) is 6.05. The number of benzene rings is 3. The van der Waals surface area contributed by atoms with E-state index in [2.05, 4.69) is 37.3 Å². The fourth-order valence-electron chi connectivity index (χ4n) is 3.13. The molecule has 154 valence electrons. The van der Waals surface area contributed by atoms with Crippen molar-refractivity contribution in [3.05, 3.63) is 84.1 Å². The molecule has 0 spiro atoms. The smallest absolute Gasteiger partial charge is 0.0274 e. The average Bonchev–Trinajstić information content (AvgIpc) is 3.17. The van der Waals surface area contributed by atoms with Gasteiger partial charge in [0.25, 0.3) is 0 Å². The zero-order chi connectivity index (χ0) is 21.8. The Morgan fingerprint density at radius 1 is 1.03 bits per heavy atom. The number of aromatic nitrogens is 2. The van der Waals surface area contributed by atoms with E-state index < -0.39 is 6.09 Å². The molecule has 3 aromatic carbocycles. The van der Waals surface area contributed by atoms with Crippen LogP contribution >= 0.6 is 0 Å². The van der Waals surface area contributed by atoms with Crippen molar-refractivity contribution in [2.45, 2.75) is 6.54 Å². The third-order valence-corrected chi connectivity index (χ3v) is 5.51. The number of hydrogen-bond acceptors (Lipinski definition) is 4. The second-order valence-electron chi connectivity index (χ2n) is 6.89. The maximum atomic E-state index is 12.5. The Bertz CT molecular complexity index is 1250. The molecule has 0 saturated heterocycles. The fraction of sp³-hybridized carbons (Fsp3) is 0.0870. The van der Waals surface area contributed by atoms with Crippen LogP contribution < -0.4 is 15.0 Å². The van der Waals surface area contributed by atoms with Crippen LogP contribution in [-0.4, -0.2) is 45.7 Å². The molecule has 31 heavy (non-hydrogen) atoms. The molecule has 4 aromatic rings. The van der Waals surface area contributed by atoms with Crippen molar-refractivity contribution in [2.75, 3.05) is 17.7 Å². The first-order chi connectivity index (χ1) is 15.0. The SMILES string of the molecule is COC(=O)Nc1ccc2nn(Cc3ccc(C(=O)Nc4ccccc4[As])cc3)cc2c1. The normalized spacial score (nSPS) is 10.6. The molecular formula is C23H19AsN4O3. The van der Waals surface area contributed by atoms with Gasteiger partial charge < -0.3 is 4.74 Å². The van der Waals surface area contributed by atoms with E-state index in [0.29, 0.717) is 17.8 Å². The number of carbonyl (C=O) groups is 2. The van der Waals surface area contributed by atoms with Gasteiger partial charge in [-0.15, -0.1) is 0 Å². The van der Waals surface area contributed by atoms with Crippen LogP contribution in [0.4, 0.5) is 16.2 Å². The predicted octanol–water partition coefficient (Wildman–Crippen LogP) is 3.31. The van der Waals surface area contributed by atoms with Gasteiger partial charge in [0.05, 0.1) is 7.11 Å². The molecule has 0 aliphatic rings. The van der Waals surface area contributed by atoms with E-state index in [4.69, 9.17) is 0 Å². The van der Waals surface area contributed by atoms with Crippen molar-refractivity contribution in [1.82, 2.24) is 9.78 Å². The molecule has 0 aliphatic heterocycles. The van der Waals surface area contributed by atoms with Crippen molar-refractivity contribution < 1.29 is 14.3 Å². The van der Waals surface area contributed by atoms with Crippen LogP contribution in [0, 0.1) is 0 Å². The molecule has 0 aliphatic carbocycles. The Morgan fingerprint density at radius 2 is 1.81 bits per heavy atom. The monoisotopic (exact) mass is 474 g/mol. The van der Waals surface area contributed by atoms with Crippen LogP contribution in [0.25, 0.3) is 10.9 Å². The quantitative estimate of drug-likeness (QED) is 0.435. The summed E-state index contributed by atoms with van der Waals surface area (Å²) in [6.45, 7) is 0.561. The zero-order valence-electron chi connectivity index (χ0n) is 16.7. The van der Waals surface area contributed by atoms with Gasteiger partial charge in [-0.25, -0.2) is 4.79 Å². The van der Waals surface area contributed by atoms with Crippen molar-refractivity contribution >= 4 is 55.5 Å². The molecule has 2 radical (unpaired) electrons. The predicted molar refractivity (Wildman–Crippen MR) is 121 cm³/mol. The number of nitrogens with one attached hydrogen (secondary N) is 2. The first-order valence-corrected chi connectivity index (χ1v) is 10.5. The molecule has 1 aromatic heterocycles. The van der Waals surface area contributed by atoms with Gasteiger partial charge in [0.1, 0.15) is 0 Å². The molecule has 2 N–H and O–H groups in total. The number of amides is 2. The summed E-state index contributed by atoms with van der Waals surface area (Å²) in [5.74, 6) is -0.152. The second-order valence-corrected chi connectivity index (χ2v) is 7.90. The summed E-state index contributed by atoms with van der Waals surface area (Å²) in [4.78, 5) is 23.9. The summed E-state index contributed by atoms with van der Waals surface area (Å²) >= 11 is 2.45. The van der Waals surface area contributed by atoms with Gasteiger partial charge in [0.15, 0.2) is 0 Å². The first kappa shape index (κ1) is 20.7. The number of carbonyl (C=O) groups excluding carboxylic acids is 2. The molecule has 0 saturated carbocycles. The zero-order valence-corrected chi connectivity index (χ0v) is 18.6. The number of nitrogens with zero attached hydrogens (tertiary/aromatic N) is 2. The van der Waals surface area contributed by atoms with Gasteiger partial charge in [0.2, 0.25) is 0 Å². The van der Waals surface area contributed by atoms with Crippen molar-refractivity contribution in [1.29, 1.82) is 0 Å². The summed E-state index contributed by atoms with van der Waals surface area (Å²) in [6, 6.07) is 20.5. The molecule has 4 rings (SSSR count). The Hall–Kier alpha value is -3.57. The van der Waals surface area contributed by atoms with Gasteiger partial charge in [-0.2, -0.15) is 0 Å². The van der Waals surface area contributed by atoms with Crippen molar-refractivity contribution in [3.63, 3.8) is 0 Å². The molecule has 8 heteroatoms. The van der Waals surface area contributed by atoms with Gasteiger partial charge in [-0.3, -0.25) is 5.32 Å². The van der Waals surface area contributed by atoms with E-state index >= 15 is 0 Å². The summed E-state index contributed by atoms with van der Waals surface area (Å²) < 4.78 is 7.40. The number of hydrogen-bond donors (Lipinski definition) is 2. The van der Waals surface area contributed by atoms with Crippen LogP contribution in [0.15, 0.2) is 72.9 Å². The summed E-state index contributed by atoms with van der Waals surface area (Å²) in [6.07, 6.45) is 1.40. The molecular weight excluding hydrogens is 455 g/mol. The maximum absolute atomic E-state index is 12.5. The summed E-state index contributed by atoms with van der Waals surface area (Å²) in [5, 5.41) is 11.0. The Balaban J connectivity index is 1.45. The fourth-order valence-corrected chi connectivity index (χ4v) is 3.58. The van der Waals surface area contributed by atoms with E-state index in [9.17, 15) is 9.59 Å². The van der Waals surface area contributed by atoms with Crippen LogP contribution in [0.2, 0.25) is 0 Å². The minimum absolute atomic E-state index is 0.152. The van der Waals surface area contributed by atoms with Crippen molar-refractivity contribution in [2.24, 2.45) is 0 Å². The molecule has 0 bridgehead atoms. The molecule has 7 nitrogen and oxygen atoms in total. The third-order valence-electron chi connectivity index (χ3n) is 4.70. The molecule has 0 atom stereocenters. The number of anilines is 2. The second kappa shape index (κ2) is 9.06. The minimum Gasteiger partial charge on any atom is -0.0274 e. The third kappa shape index (κ3) is 4.95. The molecule has 0 unspecified atom stereocenters. The van der Waals surface area contributed by atoms with Crippen molar-refractivity contribution in [3.8, 4) is 0 Å². The van der Waals surface area contributed by atoms with E-state index in [1.165, 1.54) is 7.11 Å². The Morgan fingerprint density at radius 3 is 2.55 bits per heavy atom. The van der Waals surface area contributed by atoms with E-state index in [1.54, 1.807) is 18.2 Å². The topological polar surface area (TPSA) is 85.2 Å². The number of ether oxygens (including phenoxy) is 1. The van der Waals surface area contributed by atoms with Crippen LogP contribution in [-0.2, 0) is 11.3 Å². The minimum atomic E-state index is -0.516. The number of rotatable bonds is 5. The van der Waals surface area contributed by atoms with Gasteiger partial charge >= 0.3 is 142 Å². The van der Waals surface area contributed by atoms with Crippen LogP contribution in [0.3, 0.4) is 0 Å². The van der Waals surface area contributed by atoms with Gasteiger partial charge in [-0.05, 0) is 18.2 Å². The van der Waals surface area contributed by atoms with E-state index in [-0.39, 0.29) is 5.91 Å². The first-order valence-electron chi connectivity index (χ1n) is 9.52. The summed E-state index contributed by atoms with van der Waals surface area (Å²) in [7, 11) is 1.32. The van der Waals surface area contributed by atoms with Crippen LogP contribution in [0.5, 0.6) is 0 Å². The number of fused-ring (bicyclic) bond motifs is 1. The average molecular weight is 474 g/mol. The molecule has 2 amide bonds. The van der Waals surface area contributed by atoms with E-state index in [1.807, 2.05) is 59.4 Å². The Labute approximate surface area is 187 Å². The van der Waals surface area contributed by atoms with E-state index in [0.717, 1.165) is 26.5 Å². The summed E-state index contributed by atoms with van der Waals surface area (Å²) in [5.41, 5.74) is 3.85. The standard InChI is InChI=1S/C23H19AsN4O3/c1-31-23(30)25-18-10-11-20-17(12-18)14-28(27-20)13-15-6-8-16(9-7-15)22(29)26-21-5-3-2-4-19(21)24/h2-12,14H,13H2,1H3,(H,25,30)(H,26,29). The molecule has 0 fully saturated rings. The molecule has 1 heterocycles. The van der Waals surface area contributed by atoms with Gasteiger partial charge in [0, 0.05) is 5.69 Å². The van der Waals surface area contributed by atoms with Gasteiger partial charge in [-0.1, -0.05) is 0 Å². The number of para-hydroxylation sites is 1. The number of methoxy groups -OCH3 is 1.